The number of anilines is 4. The fourth-order valence-electron chi connectivity index (χ4n) is 4.33. The second-order valence-electron chi connectivity index (χ2n) is 9.33. The van der Waals surface area contributed by atoms with Gasteiger partial charge in [0.2, 0.25) is 0 Å². The topological polar surface area (TPSA) is 60.4 Å². The molecule has 1 aromatic carbocycles. The van der Waals surface area contributed by atoms with Crippen LogP contribution < -0.4 is 10.2 Å². The Labute approximate surface area is 211 Å². The Balaban J connectivity index is 1.22. The number of rotatable bonds is 8. The van der Waals surface area contributed by atoms with Gasteiger partial charge in [0.05, 0.1) is 0 Å². The average Bonchev–Trinajstić information content (AvgIpc) is 3.27. The molecule has 0 aliphatic carbocycles. The summed E-state index contributed by atoms with van der Waals surface area (Å²) in [5.74, 6) is 1.73. The van der Waals surface area contributed by atoms with E-state index in [9.17, 15) is 0 Å². The molecule has 1 saturated heterocycles. The summed E-state index contributed by atoms with van der Waals surface area (Å²) in [5, 5.41) is 4.20. The summed E-state index contributed by atoms with van der Waals surface area (Å²) in [6, 6.07) is 16.8. The number of nitrogens with zero attached hydrogens (tertiary/aromatic N) is 6. The Morgan fingerprint density at radius 1 is 1.00 bits per heavy atom. The number of pyridine rings is 2. The zero-order valence-corrected chi connectivity index (χ0v) is 21.6. The normalized spacial score (nSPS) is 14.9. The SMILES string of the molecule is Cc1ccc(N(C)c2ccc3nc(Nc4cc(CCCN5CCN(C)CC5)ccn4)sc3n2)cc1. The number of thiazole rings is 1. The van der Waals surface area contributed by atoms with Gasteiger partial charge in [-0.25, -0.2) is 15.0 Å². The molecular weight excluding hydrogens is 454 g/mol. The molecular formula is C27H33N7S. The van der Waals surface area contributed by atoms with Gasteiger partial charge in [-0.15, -0.1) is 0 Å². The van der Waals surface area contributed by atoms with Gasteiger partial charge >= 0.3 is 0 Å². The molecule has 0 saturated carbocycles. The van der Waals surface area contributed by atoms with Gasteiger partial charge in [0, 0.05) is 45.1 Å². The minimum absolute atomic E-state index is 0.810. The van der Waals surface area contributed by atoms with Crippen LogP contribution in [-0.4, -0.2) is 71.6 Å². The van der Waals surface area contributed by atoms with Crippen molar-refractivity contribution in [2.75, 3.05) is 57.0 Å². The minimum atomic E-state index is 0.810. The third kappa shape index (κ3) is 5.96. The maximum atomic E-state index is 4.86. The molecule has 4 aromatic rings. The van der Waals surface area contributed by atoms with E-state index in [0.717, 1.165) is 52.2 Å². The summed E-state index contributed by atoms with van der Waals surface area (Å²) in [6.45, 7) is 7.94. The number of piperazine rings is 1. The fraction of sp³-hybridized carbons (Fsp3) is 0.370. The molecule has 8 heteroatoms. The predicted molar refractivity (Wildman–Crippen MR) is 146 cm³/mol. The van der Waals surface area contributed by atoms with Crippen molar-refractivity contribution in [3.05, 3.63) is 65.9 Å². The van der Waals surface area contributed by atoms with Crippen molar-refractivity contribution < 1.29 is 0 Å². The number of fused-ring (bicyclic) bond motifs is 1. The van der Waals surface area contributed by atoms with E-state index in [-0.39, 0.29) is 0 Å². The van der Waals surface area contributed by atoms with Crippen molar-refractivity contribution >= 4 is 44.1 Å². The zero-order valence-electron chi connectivity index (χ0n) is 20.7. The molecule has 5 rings (SSSR count). The first kappa shape index (κ1) is 23.7. The molecule has 1 fully saturated rings. The lowest BCUT2D eigenvalue weighted by Crippen LogP contribution is -2.44. The lowest BCUT2D eigenvalue weighted by molar-refractivity contribution is 0.153. The number of benzene rings is 1. The first-order chi connectivity index (χ1) is 17.0. The van der Waals surface area contributed by atoms with Crippen LogP contribution in [0, 0.1) is 6.92 Å². The number of hydrogen-bond donors (Lipinski definition) is 1. The smallest absolute Gasteiger partial charge is 0.190 e. The standard InChI is InChI=1S/C27H33N7S/c1-20-6-8-22(9-7-20)33(3)25-11-10-23-26(31-25)35-27(29-23)30-24-19-21(12-13-28-24)5-4-14-34-17-15-32(2)16-18-34/h6-13,19H,4-5,14-18H2,1-3H3,(H,28,29,30). The molecule has 1 aliphatic rings. The van der Waals surface area contributed by atoms with Gasteiger partial charge in [0.1, 0.15) is 22.0 Å². The van der Waals surface area contributed by atoms with E-state index >= 15 is 0 Å². The van der Waals surface area contributed by atoms with E-state index in [1.165, 1.54) is 37.3 Å². The van der Waals surface area contributed by atoms with Gasteiger partial charge in [-0.05, 0) is 75.3 Å². The second kappa shape index (κ2) is 10.7. The van der Waals surface area contributed by atoms with E-state index in [1.54, 1.807) is 11.3 Å². The Morgan fingerprint density at radius 2 is 1.80 bits per heavy atom. The summed E-state index contributed by atoms with van der Waals surface area (Å²) in [7, 11) is 4.24. The predicted octanol–water partition coefficient (Wildman–Crippen LogP) is 5.09. The van der Waals surface area contributed by atoms with Gasteiger partial charge in [0.25, 0.3) is 0 Å². The van der Waals surface area contributed by atoms with E-state index in [0.29, 0.717) is 0 Å². The van der Waals surface area contributed by atoms with Gasteiger partial charge in [-0.3, -0.25) is 0 Å². The summed E-state index contributed by atoms with van der Waals surface area (Å²) in [6.07, 6.45) is 4.10. The largest absolute Gasteiger partial charge is 0.329 e. The van der Waals surface area contributed by atoms with Gasteiger partial charge in [-0.1, -0.05) is 29.0 Å². The number of aromatic nitrogens is 3. The van der Waals surface area contributed by atoms with Crippen LogP contribution >= 0.6 is 11.3 Å². The molecule has 1 N–H and O–H groups in total. The summed E-state index contributed by atoms with van der Waals surface area (Å²) in [5.41, 5.74) is 4.55. The number of aryl methyl sites for hydroxylation is 2. The molecule has 1 aliphatic heterocycles. The molecule has 4 heterocycles. The Hall–Kier alpha value is -3.07. The molecule has 3 aromatic heterocycles. The van der Waals surface area contributed by atoms with E-state index in [4.69, 9.17) is 9.97 Å². The number of hydrogen-bond acceptors (Lipinski definition) is 8. The maximum absolute atomic E-state index is 4.86. The fourth-order valence-corrected chi connectivity index (χ4v) is 5.17. The summed E-state index contributed by atoms with van der Waals surface area (Å²) in [4.78, 5) is 22.1. The average molecular weight is 488 g/mol. The van der Waals surface area contributed by atoms with Crippen LogP contribution in [0.25, 0.3) is 10.3 Å². The van der Waals surface area contributed by atoms with Crippen molar-refractivity contribution in [3.63, 3.8) is 0 Å². The first-order valence-electron chi connectivity index (χ1n) is 12.2. The molecule has 0 unspecified atom stereocenters. The first-order valence-corrected chi connectivity index (χ1v) is 13.1. The summed E-state index contributed by atoms with van der Waals surface area (Å²) >= 11 is 1.55. The van der Waals surface area contributed by atoms with Crippen LogP contribution in [0.5, 0.6) is 0 Å². The van der Waals surface area contributed by atoms with Crippen LogP contribution in [-0.2, 0) is 6.42 Å². The van der Waals surface area contributed by atoms with Crippen molar-refractivity contribution in [1.82, 2.24) is 24.8 Å². The molecule has 182 valence electrons. The highest BCUT2D eigenvalue weighted by Gasteiger charge is 2.13. The van der Waals surface area contributed by atoms with Gasteiger partial charge < -0.3 is 20.0 Å². The minimum Gasteiger partial charge on any atom is -0.329 e. The van der Waals surface area contributed by atoms with Crippen LogP contribution in [0.4, 0.5) is 22.5 Å². The van der Waals surface area contributed by atoms with Gasteiger partial charge in [-0.2, -0.15) is 0 Å². The van der Waals surface area contributed by atoms with Crippen LogP contribution in [0.15, 0.2) is 54.7 Å². The Bertz CT molecular complexity index is 1260. The molecule has 0 radical (unpaired) electrons. The Morgan fingerprint density at radius 3 is 2.60 bits per heavy atom. The summed E-state index contributed by atoms with van der Waals surface area (Å²) < 4.78 is 0. The molecule has 35 heavy (non-hydrogen) atoms. The number of nitrogens with one attached hydrogen (secondary N) is 1. The van der Waals surface area contributed by atoms with E-state index in [2.05, 4.69) is 75.4 Å². The second-order valence-corrected chi connectivity index (χ2v) is 10.3. The Kier molecular flexibility index (Phi) is 7.22. The monoisotopic (exact) mass is 487 g/mol. The van der Waals surface area contributed by atoms with Crippen molar-refractivity contribution in [1.29, 1.82) is 0 Å². The lowest BCUT2D eigenvalue weighted by Gasteiger charge is -2.32. The van der Waals surface area contributed by atoms with Crippen molar-refractivity contribution in [2.45, 2.75) is 19.8 Å². The highest BCUT2D eigenvalue weighted by molar-refractivity contribution is 7.21. The number of likely N-dealkylation sites (N-methyl/N-ethyl adjacent to an activating group) is 1. The third-order valence-electron chi connectivity index (χ3n) is 6.60. The van der Waals surface area contributed by atoms with Crippen LogP contribution in [0.2, 0.25) is 0 Å². The van der Waals surface area contributed by atoms with E-state index < -0.39 is 0 Å². The maximum Gasteiger partial charge on any atom is 0.190 e. The highest BCUT2D eigenvalue weighted by atomic mass is 32.1. The van der Waals surface area contributed by atoms with Gasteiger partial charge in [0.15, 0.2) is 5.13 Å². The van der Waals surface area contributed by atoms with Crippen molar-refractivity contribution in [3.8, 4) is 0 Å². The highest BCUT2D eigenvalue weighted by Crippen LogP contribution is 2.30. The lowest BCUT2D eigenvalue weighted by atomic mass is 10.1. The van der Waals surface area contributed by atoms with E-state index in [1.807, 2.05) is 25.4 Å². The van der Waals surface area contributed by atoms with Crippen molar-refractivity contribution in [2.24, 2.45) is 0 Å². The molecule has 0 spiro atoms. The molecule has 0 bridgehead atoms. The molecule has 7 nitrogen and oxygen atoms in total. The quantitative estimate of drug-likeness (QED) is 0.372. The van der Waals surface area contributed by atoms with Crippen LogP contribution in [0.3, 0.4) is 0 Å². The van der Waals surface area contributed by atoms with Crippen LogP contribution in [0.1, 0.15) is 17.5 Å². The zero-order chi connectivity index (χ0) is 24.2. The third-order valence-corrected chi connectivity index (χ3v) is 7.48. The molecule has 0 atom stereocenters. The molecule has 0 amide bonds.